The predicted molar refractivity (Wildman–Crippen MR) is 175 cm³/mol. The summed E-state index contributed by atoms with van der Waals surface area (Å²) in [4.78, 5) is 39.6. The number of aliphatic hydroxyl groups excluding tert-OH is 2. The molecule has 4 aromatic carbocycles. The van der Waals surface area contributed by atoms with Gasteiger partial charge in [0.2, 0.25) is 0 Å². The van der Waals surface area contributed by atoms with E-state index in [1.807, 2.05) is 84.9 Å². The van der Waals surface area contributed by atoms with E-state index in [9.17, 15) is 24.6 Å². The second kappa shape index (κ2) is 13.8. The van der Waals surface area contributed by atoms with E-state index in [1.165, 1.54) is 31.4 Å². The molecular weight excluding hydrogens is 616 g/mol. The van der Waals surface area contributed by atoms with E-state index in [4.69, 9.17) is 18.9 Å². The fraction of sp³-hybridized carbons (Fsp3) is 0.216. The number of nitrogens with zero attached hydrogens (tertiary/aromatic N) is 2. The zero-order valence-corrected chi connectivity index (χ0v) is 26.2. The van der Waals surface area contributed by atoms with Crippen molar-refractivity contribution in [2.45, 2.75) is 30.1 Å². The third-order valence-corrected chi connectivity index (χ3v) is 8.48. The van der Waals surface area contributed by atoms with Gasteiger partial charge in [0.15, 0.2) is 6.23 Å². The Bertz CT molecular complexity index is 1940. The van der Waals surface area contributed by atoms with Gasteiger partial charge in [-0.3, -0.25) is 14.2 Å². The molecule has 2 heterocycles. The fourth-order valence-corrected chi connectivity index (χ4v) is 5.96. The minimum atomic E-state index is -1.60. The first kappa shape index (κ1) is 32.6. The van der Waals surface area contributed by atoms with Crippen molar-refractivity contribution in [3.8, 4) is 11.5 Å². The smallest absolute Gasteiger partial charge is 0.340 e. The van der Waals surface area contributed by atoms with Crippen LogP contribution in [0.5, 0.6) is 11.5 Å². The molecule has 0 aliphatic carbocycles. The van der Waals surface area contributed by atoms with E-state index in [-0.39, 0.29) is 12.2 Å². The van der Waals surface area contributed by atoms with Gasteiger partial charge in [0.25, 0.3) is 11.5 Å². The second-order valence-corrected chi connectivity index (χ2v) is 11.2. The minimum absolute atomic E-state index is 0.0728. The molecule has 48 heavy (non-hydrogen) atoms. The molecule has 0 bridgehead atoms. The van der Waals surface area contributed by atoms with Crippen LogP contribution < -0.4 is 20.7 Å². The molecule has 0 radical (unpaired) electrons. The van der Waals surface area contributed by atoms with Crippen molar-refractivity contribution in [2.24, 2.45) is 0 Å². The zero-order valence-electron chi connectivity index (χ0n) is 26.2. The predicted octanol–water partition coefficient (Wildman–Crippen LogP) is 3.34. The van der Waals surface area contributed by atoms with Crippen LogP contribution in [0, 0.1) is 0 Å². The van der Waals surface area contributed by atoms with E-state index in [0.29, 0.717) is 16.1 Å². The van der Waals surface area contributed by atoms with Crippen molar-refractivity contribution in [3.63, 3.8) is 0 Å². The summed E-state index contributed by atoms with van der Waals surface area (Å²) in [5.41, 5.74) is -0.649. The molecule has 0 unspecified atom stereocenters. The third kappa shape index (κ3) is 5.96. The largest absolute Gasteiger partial charge is 0.497 e. The van der Waals surface area contributed by atoms with Gasteiger partial charge in [-0.2, -0.15) is 4.57 Å². The summed E-state index contributed by atoms with van der Waals surface area (Å²) in [6, 6.07) is 33.5. The van der Waals surface area contributed by atoms with Crippen LogP contribution in [0.25, 0.3) is 0 Å². The molecule has 2 N–H and O–H groups in total. The quantitative estimate of drug-likeness (QED) is 0.218. The molecule has 1 aromatic heterocycles. The fourth-order valence-electron chi connectivity index (χ4n) is 5.96. The number of rotatable bonds is 10. The summed E-state index contributed by atoms with van der Waals surface area (Å²) < 4.78 is 24.7. The molecule has 11 heteroatoms. The Hall–Kier alpha value is -5.33. The topological polar surface area (TPSA) is 138 Å². The third-order valence-electron chi connectivity index (χ3n) is 8.48. The number of ether oxygens (including phenoxy) is 4. The van der Waals surface area contributed by atoms with Crippen LogP contribution in [0.2, 0.25) is 0 Å². The van der Waals surface area contributed by atoms with Gasteiger partial charge < -0.3 is 29.2 Å². The van der Waals surface area contributed by atoms with Crippen LogP contribution in [0.4, 0.5) is 0 Å². The average molecular weight is 651 g/mol. The van der Waals surface area contributed by atoms with E-state index in [0.717, 1.165) is 33.5 Å². The summed E-state index contributed by atoms with van der Waals surface area (Å²) in [5.74, 6) is 0.279. The molecule has 11 nitrogen and oxygen atoms in total. The Morgan fingerprint density at radius 1 is 0.729 bits per heavy atom. The number of aromatic nitrogens is 2. The molecular formula is C37H34N2O9. The Balaban J connectivity index is 1.34. The van der Waals surface area contributed by atoms with E-state index >= 15 is 0 Å². The van der Waals surface area contributed by atoms with Gasteiger partial charge in [-0.25, -0.2) is 4.79 Å². The number of carbonyl (C=O) groups excluding carboxylic acids is 1. The SMILES string of the molecule is COc1ccc(C(=O)n2c(=O)ccn([C@@H]3O[C@H](COC(c4ccccc4)(c4ccccc4)c4ccc(OC)cc4)[C@@H](O)[C@H]3O)c2=O)cc1. The molecule has 1 aliphatic rings. The number of methoxy groups -OCH3 is 2. The first-order valence-electron chi connectivity index (χ1n) is 15.2. The summed E-state index contributed by atoms with van der Waals surface area (Å²) in [5, 5.41) is 22.3. The van der Waals surface area contributed by atoms with Crippen molar-refractivity contribution >= 4 is 5.91 Å². The lowest BCUT2D eigenvalue weighted by atomic mass is 9.80. The number of carbonyl (C=O) groups is 1. The maximum absolute atomic E-state index is 13.6. The molecule has 4 atom stereocenters. The van der Waals surface area contributed by atoms with Gasteiger partial charge in [-0.15, -0.1) is 0 Å². The zero-order chi connectivity index (χ0) is 33.8. The first-order valence-corrected chi connectivity index (χ1v) is 15.2. The van der Waals surface area contributed by atoms with Crippen molar-refractivity contribution in [2.75, 3.05) is 20.8 Å². The van der Waals surface area contributed by atoms with Crippen LogP contribution in [0.15, 0.2) is 131 Å². The first-order chi connectivity index (χ1) is 23.3. The second-order valence-electron chi connectivity index (χ2n) is 11.2. The van der Waals surface area contributed by atoms with Gasteiger partial charge in [0.05, 0.1) is 20.8 Å². The van der Waals surface area contributed by atoms with Crippen molar-refractivity contribution in [1.29, 1.82) is 0 Å². The highest BCUT2D eigenvalue weighted by Gasteiger charge is 2.47. The van der Waals surface area contributed by atoms with Gasteiger partial charge in [-0.1, -0.05) is 72.8 Å². The number of hydrogen-bond acceptors (Lipinski definition) is 9. The van der Waals surface area contributed by atoms with Crippen molar-refractivity contribution < 1.29 is 34.0 Å². The van der Waals surface area contributed by atoms with Crippen LogP contribution >= 0.6 is 0 Å². The summed E-state index contributed by atoms with van der Waals surface area (Å²) >= 11 is 0. The van der Waals surface area contributed by atoms with Crippen LogP contribution in [-0.2, 0) is 15.1 Å². The lowest BCUT2D eigenvalue weighted by molar-refractivity contribution is -0.0960. The van der Waals surface area contributed by atoms with Crippen molar-refractivity contribution in [1.82, 2.24) is 9.13 Å². The highest BCUT2D eigenvalue weighted by atomic mass is 16.6. The normalized spacial score (nSPS) is 19.2. The maximum atomic E-state index is 13.6. The highest BCUT2D eigenvalue weighted by molar-refractivity contribution is 5.95. The summed E-state index contributed by atoms with van der Waals surface area (Å²) in [6.07, 6.45) is -4.50. The van der Waals surface area contributed by atoms with Crippen LogP contribution in [0.3, 0.4) is 0 Å². The molecule has 0 saturated carbocycles. The Kier molecular flexibility index (Phi) is 9.37. The number of hydrogen-bond donors (Lipinski definition) is 2. The van der Waals surface area contributed by atoms with E-state index < -0.39 is 47.3 Å². The van der Waals surface area contributed by atoms with Gasteiger partial charge >= 0.3 is 5.69 Å². The van der Waals surface area contributed by atoms with E-state index in [1.54, 1.807) is 7.11 Å². The molecule has 5 aromatic rings. The molecule has 1 fully saturated rings. The average Bonchev–Trinajstić information content (AvgIpc) is 3.41. The number of aliphatic hydroxyl groups is 2. The summed E-state index contributed by atoms with van der Waals surface area (Å²) in [6.45, 7) is -0.219. The highest BCUT2D eigenvalue weighted by Crippen LogP contribution is 2.42. The van der Waals surface area contributed by atoms with Gasteiger partial charge in [-0.05, 0) is 53.1 Å². The van der Waals surface area contributed by atoms with E-state index in [2.05, 4.69) is 0 Å². The van der Waals surface area contributed by atoms with Crippen molar-refractivity contribution in [3.05, 3.63) is 165 Å². The summed E-state index contributed by atoms with van der Waals surface area (Å²) in [7, 11) is 3.05. The molecule has 1 saturated heterocycles. The number of benzene rings is 4. The lowest BCUT2D eigenvalue weighted by Gasteiger charge is -2.37. The van der Waals surface area contributed by atoms with Crippen LogP contribution in [0.1, 0.15) is 33.3 Å². The molecule has 1 aliphatic heterocycles. The minimum Gasteiger partial charge on any atom is -0.497 e. The maximum Gasteiger partial charge on any atom is 0.340 e. The van der Waals surface area contributed by atoms with Gasteiger partial charge in [0.1, 0.15) is 35.4 Å². The Labute approximate surface area is 275 Å². The monoisotopic (exact) mass is 650 g/mol. The lowest BCUT2D eigenvalue weighted by Crippen LogP contribution is -2.46. The molecule has 0 amide bonds. The van der Waals surface area contributed by atoms with Crippen LogP contribution in [-0.4, -0.2) is 64.4 Å². The Morgan fingerprint density at radius 2 is 1.25 bits per heavy atom. The molecule has 0 spiro atoms. The molecule has 6 rings (SSSR count). The Morgan fingerprint density at radius 3 is 1.79 bits per heavy atom. The standard InChI is InChI=1S/C37H34N2O9/c1-45-28-17-13-24(14-18-28)34(43)39-31(40)21-22-38(36(39)44)35-33(42)32(41)30(48-35)23-47-37(25-9-5-3-6-10-25,26-11-7-4-8-12-26)27-15-19-29(46-2)20-16-27/h3-22,30,32-33,35,41-42H,23H2,1-2H3/t30-,32-,33-,35-/m1/s1. The van der Waals surface area contributed by atoms with Gasteiger partial charge in [0, 0.05) is 17.8 Å². The molecule has 246 valence electrons.